The van der Waals surface area contributed by atoms with E-state index >= 15 is 0 Å². The van der Waals surface area contributed by atoms with Crippen molar-refractivity contribution in [3.05, 3.63) is 29.8 Å². The highest BCUT2D eigenvalue weighted by Gasteiger charge is 2.22. The SMILES string of the molecule is CC(C)(CCCOc1ccc(C(C)(C)C)cc1)C(N)=NO. The van der Waals surface area contributed by atoms with Gasteiger partial charge in [0, 0.05) is 5.41 Å². The molecule has 0 bridgehead atoms. The Morgan fingerprint density at radius 1 is 1.14 bits per heavy atom. The molecule has 0 amide bonds. The third-order valence-corrected chi connectivity index (χ3v) is 3.74. The van der Waals surface area contributed by atoms with Crippen LogP contribution in [0.3, 0.4) is 0 Å². The predicted molar refractivity (Wildman–Crippen MR) is 87.1 cm³/mol. The Kier molecular flexibility index (Phi) is 5.64. The van der Waals surface area contributed by atoms with Crippen LogP contribution in [0.5, 0.6) is 5.75 Å². The van der Waals surface area contributed by atoms with Gasteiger partial charge in [0.2, 0.25) is 0 Å². The number of oxime groups is 1. The fraction of sp³-hybridized carbons (Fsp3) is 0.588. The number of hydrogen-bond donors (Lipinski definition) is 2. The van der Waals surface area contributed by atoms with Crippen LogP contribution in [0.2, 0.25) is 0 Å². The molecule has 1 aromatic carbocycles. The van der Waals surface area contributed by atoms with E-state index in [1.165, 1.54) is 5.56 Å². The van der Waals surface area contributed by atoms with Crippen LogP contribution in [0.1, 0.15) is 53.0 Å². The highest BCUT2D eigenvalue weighted by Crippen LogP contribution is 2.25. The number of nitrogens with two attached hydrogens (primary N) is 1. The van der Waals surface area contributed by atoms with Crippen LogP contribution in [0.4, 0.5) is 0 Å². The molecule has 0 aliphatic carbocycles. The van der Waals surface area contributed by atoms with Crippen molar-refractivity contribution in [1.82, 2.24) is 0 Å². The lowest BCUT2D eigenvalue weighted by molar-refractivity contribution is 0.277. The fourth-order valence-electron chi connectivity index (χ4n) is 2.02. The zero-order chi connectivity index (χ0) is 16.1. The molecule has 0 radical (unpaired) electrons. The molecule has 0 heterocycles. The average Bonchev–Trinajstić information content (AvgIpc) is 2.42. The van der Waals surface area contributed by atoms with Crippen LogP contribution in [0.15, 0.2) is 29.4 Å². The van der Waals surface area contributed by atoms with Crippen molar-refractivity contribution in [3.8, 4) is 5.75 Å². The lowest BCUT2D eigenvalue weighted by atomic mass is 9.87. The standard InChI is InChI=1S/C17H28N2O2/c1-16(2,3)13-7-9-14(10-8-13)21-12-6-11-17(4,5)15(18)19-20/h7-10,20H,6,11-12H2,1-5H3,(H2,18,19). The van der Waals surface area contributed by atoms with Crippen molar-refractivity contribution in [1.29, 1.82) is 0 Å². The maximum absolute atomic E-state index is 8.73. The van der Waals surface area contributed by atoms with E-state index in [2.05, 4.69) is 38.1 Å². The summed E-state index contributed by atoms with van der Waals surface area (Å²) < 4.78 is 5.74. The minimum absolute atomic E-state index is 0.156. The molecule has 0 aromatic heterocycles. The molecule has 4 heteroatoms. The topological polar surface area (TPSA) is 67.8 Å². The Labute approximate surface area is 128 Å². The molecule has 0 saturated heterocycles. The van der Waals surface area contributed by atoms with Crippen molar-refractivity contribution in [3.63, 3.8) is 0 Å². The van der Waals surface area contributed by atoms with Crippen LogP contribution in [0.25, 0.3) is 0 Å². The van der Waals surface area contributed by atoms with Gasteiger partial charge in [-0.25, -0.2) is 0 Å². The summed E-state index contributed by atoms with van der Waals surface area (Å²) in [6, 6.07) is 8.23. The van der Waals surface area contributed by atoms with E-state index in [0.29, 0.717) is 6.61 Å². The van der Waals surface area contributed by atoms with E-state index in [9.17, 15) is 0 Å². The maximum atomic E-state index is 8.73. The zero-order valence-electron chi connectivity index (χ0n) is 13.8. The van der Waals surface area contributed by atoms with Crippen LogP contribution < -0.4 is 10.5 Å². The molecule has 0 fully saturated rings. The van der Waals surface area contributed by atoms with E-state index in [1.807, 2.05) is 26.0 Å². The summed E-state index contributed by atoms with van der Waals surface area (Å²) in [5.41, 5.74) is 6.80. The molecule has 1 rings (SSSR count). The summed E-state index contributed by atoms with van der Waals surface area (Å²) in [4.78, 5) is 0. The van der Waals surface area contributed by atoms with Crippen LogP contribution in [-0.4, -0.2) is 17.6 Å². The summed E-state index contributed by atoms with van der Waals surface area (Å²) in [6.07, 6.45) is 1.66. The van der Waals surface area contributed by atoms with Crippen LogP contribution in [-0.2, 0) is 5.41 Å². The number of nitrogens with zero attached hydrogens (tertiary/aromatic N) is 1. The first-order valence-electron chi connectivity index (χ1n) is 7.38. The third kappa shape index (κ3) is 5.29. The number of hydrogen-bond acceptors (Lipinski definition) is 3. The monoisotopic (exact) mass is 292 g/mol. The molecule has 0 saturated carbocycles. The number of benzene rings is 1. The van der Waals surface area contributed by atoms with Gasteiger partial charge < -0.3 is 15.7 Å². The summed E-state index contributed by atoms with van der Waals surface area (Å²) >= 11 is 0. The van der Waals surface area contributed by atoms with E-state index < -0.39 is 0 Å². The van der Waals surface area contributed by atoms with Crippen molar-refractivity contribution >= 4 is 5.84 Å². The lowest BCUT2D eigenvalue weighted by Gasteiger charge is -2.22. The second kappa shape index (κ2) is 6.83. The Morgan fingerprint density at radius 2 is 1.71 bits per heavy atom. The molecule has 0 atom stereocenters. The molecule has 4 nitrogen and oxygen atoms in total. The van der Waals surface area contributed by atoms with Gasteiger partial charge in [-0.15, -0.1) is 0 Å². The molecule has 0 aliphatic rings. The highest BCUT2D eigenvalue weighted by atomic mass is 16.5. The van der Waals surface area contributed by atoms with E-state index in [4.69, 9.17) is 15.7 Å². The third-order valence-electron chi connectivity index (χ3n) is 3.74. The first kappa shape index (κ1) is 17.3. The van der Waals surface area contributed by atoms with Gasteiger partial charge in [0.25, 0.3) is 0 Å². The Balaban J connectivity index is 2.43. The van der Waals surface area contributed by atoms with E-state index in [1.54, 1.807) is 0 Å². The molecule has 0 unspecified atom stereocenters. The van der Waals surface area contributed by atoms with Gasteiger partial charge in [-0.2, -0.15) is 0 Å². The first-order valence-corrected chi connectivity index (χ1v) is 7.38. The van der Waals surface area contributed by atoms with Crippen LogP contribution >= 0.6 is 0 Å². The summed E-state index contributed by atoms with van der Waals surface area (Å²) in [7, 11) is 0. The molecule has 1 aromatic rings. The Morgan fingerprint density at radius 3 is 2.19 bits per heavy atom. The van der Waals surface area contributed by atoms with Gasteiger partial charge in [-0.05, 0) is 36.0 Å². The zero-order valence-corrected chi connectivity index (χ0v) is 13.8. The van der Waals surface area contributed by atoms with Gasteiger partial charge in [-0.1, -0.05) is 51.9 Å². The van der Waals surface area contributed by atoms with Gasteiger partial charge >= 0.3 is 0 Å². The second-order valence-electron chi connectivity index (χ2n) is 7.10. The van der Waals surface area contributed by atoms with Crippen molar-refractivity contribution in [2.75, 3.05) is 6.61 Å². The lowest BCUT2D eigenvalue weighted by Crippen LogP contribution is -2.32. The second-order valence-corrected chi connectivity index (χ2v) is 7.10. The average molecular weight is 292 g/mol. The molecule has 21 heavy (non-hydrogen) atoms. The molecular formula is C17H28N2O2. The Hall–Kier alpha value is -1.71. The minimum Gasteiger partial charge on any atom is -0.494 e. The largest absolute Gasteiger partial charge is 0.494 e. The van der Waals surface area contributed by atoms with E-state index in [0.717, 1.165) is 18.6 Å². The molecule has 0 aliphatic heterocycles. The van der Waals surface area contributed by atoms with Gasteiger partial charge in [0.1, 0.15) is 11.6 Å². The molecule has 3 N–H and O–H groups in total. The summed E-state index contributed by atoms with van der Waals surface area (Å²) in [5, 5.41) is 11.8. The highest BCUT2D eigenvalue weighted by molar-refractivity contribution is 5.85. The molecule has 118 valence electrons. The number of amidine groups is 1. The summed E-state index contributed by atoms with van der Waals surface area (Å²) in [5.74, 6) is 1.14. The van der Waals surface area contributed by atoms with E-state index in [-0.39, 0.29) is 16.7 Å². The van der Waals surface area contributed by atoms with Crippen LogP contribution in [0, 0.1) is 5.41 Å². The molecule has 0 spiro atoms. The maximum Gasteiger partial charge on any atom is 0.144 e. The fourth-order valence-corrected chi connectivity index (χ4v) is 2.02. The van der Waals surface area contributed by atoms with Gasteiger partial charge in [0.15, 0.2) is 0 Å². The van der Waals surface area contributed by atoms with Crippen molar-refractivity contribution < 1.29 is 9.94 Å². The van der Waals surface area contributed by atoms with Gasteiger partial charge in [0.05, 0.1) is 6.61 Å². The Bertz CT molecular complexity index is 471. The van der Waals surface area contributed by atoms with Gasteiger partial charge in [-0.3, -0.25) is 0 Å². The number of ether oxygens (including phenoxy) is 1. The number of rotatable bonds is 6. The van der Waals surface area contributed by atoms with Crippen molar-refractivity contribution in [2.24, 2.45) is 16.3 Å². The van der Waals surface area contributed by atoms with Crippen molar-refractivity contribution in [2.45, 2.75) is 52.9 Å². The normalized spacial score (nSPS) is 13.3. The first-order chi connectivity index (χ1) is 9.66. The molecular weight excluding hydrogens is 264 g/mol. The summed E-state index contributed by atoms with van der Waals surface area (Å²) in [6.45, 7) is 11.1. The smallest absolute Gasteiger partial charge is 0.144 e. The predicted octanol–water partition coefficient (Wildman–Crippen LogP) is 3.92. The quantitative estimate of drug-likeness (QED) is 0.274. The minimum atomic E-state index is -0.311.